The second-order valence-electron chi connectivity index (χ2n) is 23.8. The standard InChI is InChI=1S/C87H62N4/c1-3-20-59(21-4-1)63-24-11-27-66(50-63)69-30-14-31-70(53-69)68-29-13-26-65(52-68)61-46-48-62(49-47-61)85-88-86(78-39-17-36-75(56-78)72-33-15-32-71(54-72)67-28-12-25-64(51-67)60-22-5-2-6-23-60)90-87(89-85)79-40-18-37-76(57-79)73-34-16-35-74(55-73)77-38-19-41-80(58-77)91-83-44-9-7-42-81(83)82-43-8-10-45-84(82)91/h1-7,9-42,44-58,82,84H,8,43H2/t82?,84-/m0/s1. The molecule has 2 aliphatic rings. The van der Waals surface area contributed by atoms with Gasteiger partial charge in [-0.2, -0.15) is 0 Å². The maximum absolute atomic E-state index is 5.35. The first-order chi connectivity index (χ1) is 45.0. The normalized spacial score (nSPS) is 14.0. The lowest BCUT2D eigenvalue weighted by Gasteiger charge is -2.30. The van der Waals surface area contributed by atoms with Gasteiger partial charge in [-0.15, -0.1) is 0 Å². The van der Waals surface area contributed by atoms with Crippen LogP contribution in [-0.2, 0) is 0 Å². The summed E-state index contributed by atoms with van der Waals surface area (Å²) in [6.45, 7) is 0. The van der Waals surface area contributed by atoms with Crippen LogP contribution in [0.1, 0.15) is 24.3 Å². The van der Waals surface area contributed by atoms with Crippen LogP contribution in [0.5, 0.6) is 0 Å². The Labute approximate surface area is 532 Å². The predicted octanol–water partition coefficient (Wildman–Crippen LogP) is 22.8. The van der Waals surface area contributed by atoms with E-state index in [0.717, 1.165) is 78.7 Å². The molecule has 1 aliphatic carbocycles. The summed E-state index contributed by atoms with van der Waals surface area (Å²) < 4.78 is 0. The third-order valence-corrected chi connectivity index (χ3v) is 18.2. The molecule has 0 radical (unpaired) electrons. The molecule has 0 saturated carbocycles. The number of rotatable bonds is 13. The maximum Gasteiger partial charge on any atom is 0.164 e. The number of para-hydroxylation sites is 1. The molecule has 1 aliphatic heterocycles. The average molecular weight is 1160 g/mol. The first-order valence-electron chi connectivity index (χ1n) is 31.5. The van der Waals surface area contributed by atoms with E-state index >= 15 is 0 Å². The quantitative estimate of drug-likeness (QED) is 0.108. The van der Waals surface area contributed by atoms with Gasteiger partial charge in [-0.05, 0) is 185 Å². The first-order valence-corrected chi connectivity index (χ1v) is 31.5. The van der Waals surface area contributed by atoms with E-state index in [0.29, 0.717) is 29.4 Å². The highest BCUT2D eigenvalue weighted by atomic mass is 15.2. The van der Waals surface area contributed by atoms with E-state index in [-0.39, 0.29) is 0 Å². The summed E-state index contributed by atoms with van der Waals surface area (Å²) in [5.74, 6) is 2.30. The van der Waals surface area contributed by atoms with Crippen LogP contribution < -0.4 is 4.90 Å². The summed E-state index contributed by atoms with van der Waals surface area (Å²) in [6, 6.07) is 118. The van der Waals surface area contributed by atoms with Gasteiger partial charge in [0.15, 0.2) is 17.5 Å². The molecular weight excluding hydrogens is 1100 g/mol. The highest BCUT2D eigenvalue weighted by Crippen LogP contribution is 2.50. The van der Waals surface area contributed by atoms with E-state index in [1.807, 2.05) is 0 Å². The Kier molecular flexibility index (Phi) is 14.6. The molecule has 0 amide bonds. The van der Waals surface area contributed by atoms with E-state index < -0.39 is 0 Å². The van der Waals surface area contributed by atoms with Crippen molar-refractivity contribution in [2.45, 2.75) is 24.8 Å². The highest BCUT2D eigenvalue weighted by Gasteiger charge is 2.38. The summed E-state index contributed by atoms with van der Waals surface area (Å²) in [5.41, 5.74) is 27.4. The van der Waals surface area contributed by atoms with Gasteiger partial charge in [-0.3, -0.25) is 0 Å². The summed E-state index contributed by atoms with van der Waals surface area (Å²) in [6.07, 6.45) is 7.07. The van der Waals surface area contributed by atoms with Crippen molar-refractivity contribution in [2.24, 2.45) is 0 Å². The number of fused-ring (bicyclic) bond motifs is 3. The lowest BCUT2D eigenvalue weighted by Crippen LogP contribution is -2.29. The average Bonchev–Trinajstić information content (AvgIpc) is 1.71. The molecule has 0 bridgehead atoms. The van der Waals surface area contributed by atoms with Gasteiger partial charge < -0.3 is 4.90 Å². The lowest BCUT2D eigenvalue weighted by atomic mass is 9.86. The second kappa shape index (κ2) is 24.2. The molecule has 430 valence electrons. The van der Waals surface area contributed by atoms with Gasteiger partial charge in [0.25, 0.3) is 0 Å². The number of allylic oxidation sites excluding steroid dienone is 1. The van der Waals surface area contributed by atoms with Crippen molar-refractivity contribution < 1.29 is 0 Å². The van der Waals surface area contributed by atoms with Gasteiger partial charge in [0.1, 0.15) is 0 Å². The van der Waals surface area contributed by atoms with Crippen LogP contribution in [0, 0.1) is 0 Å². The molecule has 2 heterocycles. The molecule has 0 saturated heterocycles. The second-order valence-corrected chi connectivity index (χ2v) is 23.8. The summed E-state index contributed by atoms with van der Waals surface area (Å²) in [5, 5.41) is 0. The van der Waals surface area contributed by atoms with E-state index in [9.17, 15) is 0 Å². The van der Waals surface area contributed by atoms with Gasteiger partial charge in [0.05, 0.1) is 6.04 Å². The largest absolute Gasteiger partial charge is 0.334 e. The van der Waals surface area contributed by atoms with Crippen LogP contribution in [0.2, 0.25) is 0 Å². The zero-order chi connectivity index (χ0) is 60.5. The molecule has 1 unspecified atom stereocenters. The SMILES string of the molecule is C1=C[C@H]2C(CC1)c1ccccc1N2c1cccc(-c2cccc(-c3cccc(-c4nc(-c5ccc(-c6cccc(-c7cccc(-c8cccc(-c9ccccc9)c8)c7)c6)cc5)nc(-c5cccc(-c6cccc(-c7cccc(-c8ccccc8)c7)c6)c5)n4)c3)c2)c1. The molecule has 14 aromatic rings. The minimum absolute atomic E-state index is 0.316. The van der Waals surface area contributed by atoms with Gasteiger partial charge in [-0.1, -0.05) is 273 Å². The van der Waals surface area contributed by atoms with E-state index in [1.54, 1.807) is 0 Å². The maximum atomic E-state index is 5.35. The molecule has 0 fully saturated rings. The molecule has 4 heteroatoms. The molecule has 4 nitrogen and oxygen atoms in total. The van der Waals surface area contributed by atoms with Crippen molar-refractivity contribution in [3.05, 3.63) is 345 Å². The fourth-order valence-corrected chi connectivity index (χ4v) is 13.5. The van der Waals surface area contributed by atoms with Crippen molar-refractivity contribution in [3.63, 3.8) is 0 Å². The van der Waals surface area contributed by atoms with Gasteiger partial charge in [0.2, 0.25) is 0 Å². The van der Waals surface area contributed by atoms with Gasteiger partial charge in [-0.25, -0.2) is 15.0 Å². The van der Waals surface area contributed by atoms with Crippen molar-refractivity contribution in [1.29, 1.82) is 0 Å². The predicted molar refractivity (Wildman–Crippen MR) is 379 cm³/mol. The summed E-state index contributed by atoms with van der Waals surface area (Å²) in [4.78, 5) is 18.5. The monoisotopic (exact) mass is 1160 g/mol. The number of hydrogen-bond donors (Lipinski definition) is 0. The van der Waals surface area contributed by atoms with E-state index in [2.05, 4.69) is 345 Å². The Morgan fingerprint density at radius 3 is 0.934 bits per heavy atom. The summed E-state index contributed by atoms with van der Waals surface area (Å²) in [7, 11) is 0. The zero-order valence-corrected chi connectivity index (χ0v) is 50.2. The zero-order valence-electron chi connectivity index (χ0n) is 50.2. The number of nitrogens with zero attached hydrogens (tertiary/aromatic N) is 4. The third-order valence-electron chi connectivity index (χ3n) is 18.2. The van der Waals surface area contributed by atoms with Crippen molar-refractivity contribution in [3.8, 4) is 134 Å². The number of benzene rings is 13. The third kappa shape index (κ3) is 11.2. The fraction of sp³-hybridized carbons (Fsp3) is 0.0460. The Balaban J connectivity index is 0.734. The fourth-order valence-electron chi connectivity index (χ4n) is 13.5. The minimum Gasteiger partial charge on any atom is -0.334 e. The van der Waals surface area contributed by atoms with Crippen LogP contribution in [-0.4, -0.2) is 21.0 Å². The molecule has 0 N–H and O–H groups in total. The van der Waals surface area contributed by atoms with E-state index in [1.165, 1.54) is 67.9 Å². The number of hydrogen-bond acceptors (Lipinski definition) is 4. The van der Waals surface area contributed by atoms with E-state index in [4.69, 9.17) is 15.0 Å². The molecular formula is C87H62N4. The van der Waals surface area contributed by atoms with Crippen LogP contribution in [0.3, 0.4) is 0 Å². The highest BCUT2D eigenvalue weighted by molar-refractivity contribution is 5.84. The molecule has 91 heavy (non-hydrogen) atoms. The van der Waals surface area contributed by atoms with Crippen LogP contribution in [0.15, 0.2) is 340 Å². The topological polar surface area (TPSA) is 41.9 Å². The van der Waals surface area contributed by atoms with Crippen LogP contribution in [0.4, 0.5) is 11.4 Å². The molecule has 1 aromatic heterocycles. The van der Waals surface area contributed by atoms with Crippen molar-refractivity contribution in [1.82, 2.24) is 15.0 Å². The minimum atomic E-state index is 0.316. The molecule has 0 spiro atoms. The molecule has 2 atom stereocenters. The van der Waals surface area contributed by atoms with Crippen molar-refractivity contribution in [2.75, 3.05) is 4.90 Å². The number of anilines is 2. The summed E-state index contributed by atoms with van der Waals surface area (Å²) >= 11 is 0. The van der Waals surface area contributed by atoms with Crippen molar-refractivity contribution >= 4 is 11.4 Å². The Bertz CT molecular complexity index is 5030. The smallest absolute Gasteiger partial charge is 0.164 e. The van der Waals surface area contributed by atoms with Crippen LogP contribution in [0.25, 0.3) is 134 Å². The Morgan fingerprint density at radius 2 is 0.527 bits per heavy atom. The Morgan fingerprint density at radius 1 is 0.242 bits per heavy atom. The van der Waals surface area contributed by atoms with Gasteiger partial charge >= 0.3 is 0 Å². The molecule has 16 rings (SSSR count). The Hall–Kier alpha value is -11.6. The first kappa shape index (κ1) is 54.8. The lowest BCUT2D eigenvalue weighted by molar-refractivity contribution is 0.573. The van der Waals surface area contributed by atoms with Crippen LogP contribution >= 0.6 is 0 Å². The molecule has 13 aromatic carbocycles. The number of aromatic nitrogens is 3. The van der Waals surface area contributed by atoms with Gasteiger partial charge in [0, 0.05) is 34.0 Å².